The first kappa shape index (κ1) is 13.5. The molecule has 0 radical (unpaired) electrons. The van der Waals surface area contributed by atoms with Gasteiger partial charge in [-0.05, 0) is 60.2 Å². The van der Waals surface area contributed by atoms with Gasteiger partial charge >= 0.3 is 0 Å². The number of carbonyl (C=O) groups excluding carboxylic acids is 1. The fourth-order valence-corrected chi connectivity index (χ4v) is 3.26. The topological polar surface area (TPSA) is 17.1 Å². The molecule has 0 heterocycles. The van der Waals surface area contributed by atoms with Gasteiger partial charge in [-0.1, -0.05) is 28.1 Å². The Kier molecular flexibility index (Phi) is 3.70. The van der Waals surface area contributed by atoms with E-state index >= 15 is 0 Å². The Morgan fingerprint density at radius 3 is 2.70 bits per heavy atom. The van der Waals surface area contributed by atoms with E-state index in [0.29, 0.717) is 10.0 Å². The number of halogens is 2. The molecule has 20 heavy (non-hydrogen) atoms. The second-order valence-corrected chi connectivity index (χ2v) is 6.13. The molecule has 0 bridgehead atoms. The highest BCUT2D eigenvalue weighted by atomic mass is 79.9. The van der Waals surface area contributed by atoms with Gasteiger partial charge in [-0.25, -0.2) is 4.39 Å². The molecule has 0 amide bonds. The maximum Gasteiger partial charge on any atom is 0.167 e. The zero-order valence-electron chi connectivity index (χ0n) is 11.0. The Labute approximate surface area is 126 Å². The predicted octanol–water partition coefficient (Wildman–Crippen LogP) is 4.50. The summed E-state index contributed by atoms with van der Waals surface area (Å²) in [7, 11) is 0. The molecule has 1 aliphatic rings. The van der Waals surface area contributed by atoms with Crippen LogP contribution in [0.2, 0.25) is 0 Å². The highest BCUT2D eigenvalue weighted by Gasteiger charge is 2.14. The summed E-state index contributed by atoms with van der Waals surface area (Å²) in [4.78, 5) is 12.3. The van der Waals surface area contributed by atoms with Crippen molar-refractivity contribution in [3.05, 3.63) is 68.9 Å². The zero-order chi connectivity index (χ0) is 14.1. The first-order chi connectivity index (χ1) is 9.61. The number of benzene rings is 2. The van der Waals surface area contributed by atoms with Gasteiger partial charge < -0.3 is 0 Å². The van der Waals surface area contributed by atoms with Gasteiger partial charge in [0.05, 0.1) is 0 Å². The van der Waals surface area contributed by atoms with Crippen LogP contribution < -0.4 is 0 Å². The van der Waals surface area contributed by atoms with Gasteiger partial charge in [0.1, 0.15) is 5.82 Å². The molecule has 0 aliphatic heterocycles. The van der Waals surface area contributed by atoms with Crippen molar-refractivity contribution in [3.63, 3.8) is 0 Å². The number of ketones is 1. The van der Waals surface area contributed by atoms with Gasteiger partial charge in [-0.2, -0.15) is 0 Å². The minimum absolute atomic E-state index is 0.0391. The molecular formula is C17H14BrFO. The molecule has 0 unspecified atom stereocenters. The number of rotatable bonds is 3. The van der Waals surface area contributed by atoms with Crippen molar-refractivity contribution in [1.82, 2.24) is 0 Å². The van der Waals surface area contributed by atoms with E-state index in [2.05, 4.69) is 22.0 Å². The van der Waals surface area contributed by atoms with Crippen molar-refractivity contribution >= 4 is 21.7 Å². The Hall–Kier alpha value is -1.48. The standard InChI is InChI=1S/C17H14BrFO/c18-15-6-11(7-16(19)10-15)8-17(20)14-5-4-12-2-1-3-13(12)9-14/h4-7,9-10H,1-3,8H2. The van der Waals surface area contributed by atoms with E-state index in [4.69, 9.17) is 0 Å². The van der Waals surface area contributed by atoms with Crippen LogP contribution in [0.15, 0.2) is 40.9 Å². The predicted molar refractivity (Wildman–Crippen MR) is 80.6 cm³/mol. The number of aryl methyl sites for hydroxylation is 2. The molecule has 0 spiro atoms. The van der Waals surface area contributed by atoms with Crippen LogP contribution in [0, 0.1) is 5.82 Å². The van der Waals surface area contributed by atoms with E-state index in [-0.39, 0.29) is 18.0 Å². The van der Waals surface area contributed by atoms with Crippen molar-refractivity contribution < 1.29 is 9.18 Å². The Bertz CT molecular complexity index is 658. The first-order valence-corrected chi connectivity index (χ1v) is 7.51. The van der Waals surface area contributed by atoms with Gasteiger partial charge in [0.25, 0.3) is 0 Å². The van der Waals surface area contributed by atoms with E-state index in [0.717, 1.165) is 18.4 Å². The van der Waals surface area contributed by atoms with Gasteiger partial charge in [0.2, 0.25) is 0 Å². The monoisotopic (exact) mass is 332 g/mol. The number of carbonyl (C=O) groups is 1. The summed E-state index contributed by atoms with van der Waals surface area (Å²) in [5.74, 6) is -0.284. The third kappa shape index (κ3) is 2.83. The van der Waals surface area contributed by atoms with Gasteiger partial charge in [0.15, 0.2) is 5.78 Å². The normalized spacial score (nSPS) is 13.3. The van der Waals surface area contributed by atoms with Crippen LogP contribution in [0.5, 0.6) is 0 Å². The summed E-state index contributed by atoms with van der Waals surface area (Å²) >= 11 is 3.25. The molecule has 2 aromatic carbocycles. The number of hydrogen-bond acceptors (Lipinski definition) is 1. The van der Waals surface area contributed by atoms with E-state index in [1.165, 1.54) is 29.7 Å². The summed E-state index contributed by atoms with van der Waals surface area (Å²) in [5, 5.41) is 0. The minimum Gasteiger partial charge on any atom is -0.294 e. The van der Waals surface area contributed by atoms with Crippen LogP contribution in [0.25, 0.3) is 0 Å². The minimum atomic E-state index is -0.323. The molecule has 0 aromatic heterocycles. The summed E-state index contributed by atoms with van der Waals surface area (Å²) < 4.78 is 14.0. The molecule has 0 saturated heterocycles. The van der Waals surface area contributed by atoms with Crippen LogP contribution in [0.1, 0.15) is 33.5 Å². The Morgan fingerprint density at radius 1 is 1.10 bits per heavy atom. The van der Waals surface area contributed by atoms with Crippen molar-refractivity contribution in [3.8, 4) is 0 Å². The average Bonchev–Trinajstić information content (AvgIpc) is 2.84. The van der Waals surface area contributed by atoms with E-state index < -0.39 is 0 Å². The smallest absolute Gasteiger partial charge is 0.167 e. The lowest BCUT2D eigenvalue weighted by Crippen LogP contribution is -2.04. The van der Waals surface area contributed by atoms with E-state index in [1.54, 1.807) is 6.07 Å². The summed E-state index contributed by atoms with van der Waals surface area (Å²) in [6.07, 6.45) is 3.57. The van der Waals surface area contributed by atoms with Crippen LogP contribution in [0.4, 0.5) is 4.39 Å². The molecule has 0 saturated carbocycles. The fourth-order valence-electron chi connectivity index (χ4n) is 2.75. The second-order valence-electron chi connectivity index (χ2n) is 5.21. The number of fused-ring (bicyclic) bond motifs is 1. The van der Waals surface area contributed by atoms with Crippen molar-refractivity contribution in [2.75, 3.05) is 0 Å². The lowest BCUT2D eigenvalue weighted by Gasteiger charge is -2.05. The molecule has 0 atom stereocenters. The average molecular weight is 333 g/mol. The highest BCUT2D eigenvalue weighted by molar-refractivity contribution is 9.10. The number of Topliss-reactive ketones (excluding diaryl/α,β-unsaturated/α-hetero) is 1. The molecule has 0 fully saturated rings. The van der Waals surface area contributed by atoms with Crippen LogP contribution in [0.3, 0.4) is 0 Å². The van der Waals surface area contributed by atoms with Gasteiger partial charge in [-0.3, -0.25) is 4.79 Å². The molecule has 0 N–H and O–H groups in total. The largest absolute Gasteiger partial charge is 0.294 e. The summed E-state index contributed by atoms with van der Waals surface area (Å²) in [6.45, 7) is 0. The SMILES string of the molecule is O=C(Cc1cc(F)cc(Br)c1)c1ccc2c(c1)CCC2. The van der Waals surface area contributed by atoms with Crippen LogP contribution in [-0.2, 0) is 19.3 Å². The number of hydrogen-bond donors (Lipinski definition) is 0. The molecule has 1 nitrogen and oxygen atoms in total. The molecular weight excluding hydrogens is 319 g/mol. The molecule has 102 valence electrons. The lowest BCUT2D eigenvalue weighted by molar-refractivity contribution is 0.0993. The van der Waals surface area contributed by atoms with Crippen LogP contribution >= 0.6 is 15.9 Å². The molecule has 2 aromatic rings. The van der Waals surface area contributed by atoms with E-state index in [1.807, 2.05) is 12.1 Å². The Morgan fingerprint density at radius 2 is 1.90 bits per heavy atom. The quantitative estimate of drug-likeness (QED) is 0.756. The maximum absolute atomic E-state index is 13.3. The molecule has 3 heteroatoms. The van der Waals surface area contributed by atoms with Crippen molar-refractivity contribution in [2.24, 2.45) is 0 Å². The molecule has 3 rings (SSSR count). The van der Waals surface area contributed by atoms with Crippen molar-refractivity contribution in [2.45, 2.75) is 25.7 Å². The van der Waals surface area contributed by atoms with Crippen molar-refractivity contribution in [1.29, 1.82) is 0 Å². The third-order valence-electron chi connectivity index (χ3n) is 3.71. The zero-order valence-corrected chi connectivity index (χ0v) is 12.5. The highest BCUT2D eigenvalue weighted by Crippen LogP contribution is 2.24. The maximum atomic E-state index is 13.3. The Balaban J connectivity index is 1.82. The second kappa shape index (κ2) is 5.49. The lowest BCUT2D eigenvalue weighted by atomic mass is 9.99. The first-order valence-electron chi connectivity index (χ1n) is 6.72. The van der Waals surface area contributed by atoms with Gasteiger partial charge in [0, 0.05) is 16.5 Å². The fraction of sp³-hybridized carbons (Fsp3) is 0.235. The summed E-state index contributed by atoms with van der Waals surface area (Å²) in [6, 6.07) is 10.5. The van der Waals surface area contributed by atoms with Crippen LogP contribution in [-0.4, -0.2) is 5.78 Å². The van der Waals surface area contributed by atoms with Gasteiger partial charge in [-0.15, -0.1) is 0 Å². The van der Waals surface area contributed by atoms with E-state index in [9.17, 15) is 9.18 Å². The third-order valence-corrected chi connectivity index (χ3v) is 4.17. The molecule has 1 aliphatic carbocycles. The summed E-state index contributed by atoms with van der Waals surface area (Å²) in [5.41, 5.74) is 4.07.